The zero-order valence-electron chi connectivity index (χ0n) is 12.6. The number of benzene rings is 1. The van der Waals surface area contributed by atoms with E-state index in [9.17, 15) is 19.5 Å². The summed E-state index contributed by atoms with van der Waals surface area (Å²) in [5.74, 6) is -2.70. The average molecular weight is 396 g/mol. The predicted molar refractivity (Wildman–Crippen MR) is 88.4 cm³/mol. The van der Waals surface area contributed by atoms with Gasteiger partial charge in [-0.1, -0.05) is 22.9 Å². The van der Waals surface area contributed by atoms with Gasteiger partial charge in [-0.25, -0.2) is 4.79 Å². The number of carboxylic acid groups (broad SMARTS) is 1. The summed E-state index contributed by atoms with van der Waals surface area (Å²) in [6.45, 7) is 1.59. The molecule has 126 valence electrons. The fraction of sp³-hybridized carbons (Fsp3) is 0.200. The molecule has 0 saturated carbocycles. The lowest BCUT2D eigenvalue weighted by molar-refractivity contribution is -0.139. The second-order valence-electron chi connectivity index (χ2n) is 4.88. The zero-order valence-corrected chi connectivity index (χ0v) is 14.1. The number of aromatic hydroxyl groups is 1. The van der Waals surface area contributed by atoms with Crippen LogP contribution in [0.25, 0.3) is 5.69 Å². The minimum absolute atomic E-state index is 0.161. The summed E-state index contributed by atoms with van der Waals surface area (Å²) < 4.78 is 1.74. The smallest absolute Gasteiger partial charge is 0.326 e. The van der Waals surface area contributed by atoms with Crippen molar-refractivity contribution in [2.75, 3.05) is 0 Å². The van der Waals surface area contributed by atoms with E-state index in [1.807, 2.05) is 0 Å². The summed E-state index contributed by atoms with van der Waals surface area (Å²) in [6.07, 6.45) is 0.161. The first-order valence-electron chi connectivity index (χ1n) is 6.96. The third-order valence-electron chi connectivity index (χ3n) is 3.21. The van der Waals surface area contributed by atoms with Gasteiger partial charge in [-0.2, -0.15) is 9.78 Å². The van der Waals surface area contributed by atoms with E-state index < -0.39 is 34.9 Å². The van der Waals surface area contributed by atoms with Crippen molar-refractivity contribution in [1.29, 1.82) is 0 Å². The molecule has 0 saturated heterocycles. The number of nitrogens with zero attached hydrogens (tertiary/aromatic N) is 2. The summed E-state index contributed by atoms with van der Waals surface area (Å²) >= 11 is 3.27. The van der Waals surface area contributed by atoms with Crippen LogP contribution in [0.3, 0.4) is 0 Å². The Morgan fingerprint density at radius 3 is 2.50 bits per heavy atom. The van der Waals surface area contributed by atoms with Gasteiger partial charge in [0.25, 0.3) is 11.5 Å². The van der Waals surface area contributed by atoms with Crippen LogP contribution in [0.1, 0.15) is 23.8 Å². The Morgan fingerprint density at radius 2 is 1.96 bits per heavy atom. The van der Waals surface area contributed by atoms with Gasteiger partial charge in [0, 0.05) is 10.5 Å². The van der Waals surface area contributed by atoms with Crippen LogP contribution in [0.4, 0.5) is 0 Å². The summed E-state index contributed by atoms with van der Waals surface area (Å²) in [6, 6.07) is 6.31. The Morgan fingerprint density at radius 1 is 1.33 bits per heavy atom. The van der Waals surface area contributed by atoms with Crippen molar-refractivity contribution >= 4 is 27.8 Å². The summed E-state index contributed by atoms with van der Waals surface area (Å²) in [5.41, 5.74) is -0.670. The van der Waals surface area contributed by atoms with Gasteiger partial charge >= 0.3 is 5.97 Å². The largest absolute Gasteiger partial charge is 0.505 e. The SMILES string of the molecule is CCC(NC(=O)c1nn(-c2ccc(Br)cc2)c(=O)cc1O)C(=O)O. The lowest BCUT2D eigenvalue weighted by Gasteiger charge is -2.13. The molecule has 1 aromatic carbocycles. The first-order valence-corrected chi connectivity index (χ1v) is 7.75. The maximum atomic E-state index is 12.2. The molecule has 2 aromatic rings. The number of aromatic nitrogens is 2. The molecule has 0 aliphatic rings. The van der Waals surface area contributed by atoms with Gasteiger partial charge < -0.3 is 15.5 Å². The number of carbonyl (C=O) groups excluding carboxylic acids is 1. The van der Waals surface area contributed by atoms with E-state index in [2.05, 4.69) is 26.3 Å². The van der Waals surface area contributed by atoms with Crippen molar-refractivity contribution < 1.29 is 19.8 Å². The van der Waals surface area contributed by atoms with E-state index in [1.165, 1.54) is 0 Å². The summed E-state index contributed by atoms with van der Waals surface area (Å²) in [7, 11) is 0. The van der Waals surface area contributed by atoms with Crippen LogP contribution in [0.5, 0.6) is 5.75 Å². The van der Waals surface area contributed by atoms with Crippen LogP contribution in [0.15, 0.2) is 39.6 Å². The van der Waals surface area contributed by atoms with Crippen molar-refractivity contribution in [2.24, 2.45) is 0 Å². The van der Waals surface area contributed by atoms with Gasteiger partial charge in [0.15, 0.2) is 11.4 Å². The molecule has 24 heavy (non-hydrogen) atoms. The fourth-order valence-electron chi connectivity index (χ4n) is 1.94. The second kappa shape index (κ2) is 7.26. The number of amides is 1. The van der Waals surface area contributed by atoms with E-state index in [-0.39, 0.29) is 6.42 Å². The molecule has 0 aliphatic carbocycles. The quantitative estimate of drug-likeness (QED) is 0.701. The fourth-order valence-corrected chi connectivity index (χ4v) is 2.21. The minimum atomic E-state index is -1.20. The standard InChI is InChI=1S/C15H14BrN3O5/c1-2-10(15(23)24)17-14(22)13-11(20)7-12(21)19(18-13)9-5-3-8(16)4-6-9/h3-7,10,20H,2H2,1H3,(H,17,22)(H,23,24). The zero-order chi connectivity index (χ0) is 17.9. The summed E-state index contributed by atoms with van der Waals surface area (Å²) in [4.78, 5) is 35.2. The number of hydrogen-bond donors (Lipinski definition) is 3. The molecular weight excluding hydrogens is 382 g/mol. The number of hydrogen-bond acceptors (Lipinski definition) is 5. The van der Waals surface area contributed by atoms with E-state index in [1.54, 1.807) is 31.2 Å². The lowest BCUT2D eigenvalue weighted by atomic mass is 10.2. The number of rotatable bonds is 5. The Hall–Kier alpha value is -2.68. The third-order valence-corrected chi connectivity index (χ3v) is 3.74. The number of nitrogens with one attached hydrogen (secondary N) is 1. The molecule has 0 fully saturated rings. The second-order valence-corrected chi connectivity index (χ2v) is 5.79. The highest BCUT2D eigenvalue weighted by atomic mass is 79.9. The molecular formula is C15H14BrN3O5. The van der Waals surface area contributed by atoms with Crippen molar-refractivity contribution in [3.63, 3.8) is 0 Å². The van der Waals surface area contributed by atoms with Gasteiger partial charge in [0.2, 0.25) is 0 Å². The first kappa shape index (κ1) is 17.7. The normalized spacial score (nSPS) is 11.8. The van der Waals surface area contributed by atoms with Gasteiger partial charge in [0.05, 0.1) is 5.69 Å². The molecule has 1 unspecified atom stereocenters. The lowest BCUT2D eigenvalue weighted by Crippen LogP contribution is -2.41. The van der Waals surface area contributed by atoms with Crippen molar-refractivity contribution in [2.45, 2.75) is 19.4 Å². The molecule has 3 N–H and O–H groups in total. The average Bonchev–Trinajstić information content (AvgIpc) is 2.53. The molecule has 0 radical (unpaired) electrons. The van der Waals surface area contributed by atoms with Gasteiger partial charge in [-0.3, -0.25) is 9.59 Å². The summed E-state index contributed by atoms with van der Waals surface area (Å²) in [5, 5.41) is 24.9. The topological polar surface area (TPSA) is 122 Å². The van der Waals surface area contributed by atoms with E-state index >= 15 is 0 Å². The number of carbonyl (C=O) groups is 2. The van der Waals surface area contributed by atoms with Gasteiger partial charge in [-0.15, -0.1) is 0 Å². The van der Waals surface area contributed by atoms with Gasteiger partial charge in [-0.05, 0) is 30.7 Å². The Balaban J connectivity index is 2.42. The van der Waals surface area contributed by atoms with Crippen LogP contribution in [-0.4, -0.2) is 37.9 Å². The van der Waals surface area contributed by atoms with Crippen LogP contribution in [0.2, 0.25) is 0 Å². The van der Waals surface area contributed by atoms with Crippen molar-refractivity contribution in [3.8, 4) is 11.4 Å². The number of carboxylic acids is 1. The highest BCUT2D eigenvalue weighted by molar-refractivity contribution is 9.10. The highest BCUT2D eigenvalue weighted by Gasteiger charge is 2.22. The first-order chi connectivity index (χ1) is 11.3. The van der Waals surface area contributed by atoms with E-state index in [0.29, 0.717) is 5.69 Å². The van der Waals surface area contributed by atoms with E-state index in [4.69, 9.17) is 5.11 Å². The van der Waals surface area contributed by atoms with Crippen LogP contribution in [0, 0.1) is 0 Å². The molecule has 0 spiro atoms. The van der Waals surface area contributed by atoms with Crippen molar-refractivity contribution in [1.82, 2.24) is 15.1 Å². The maximum Gasteiger partial charge on any atom is 0.326 e. The third kappa shape index (κ3) is 3.80. The molecule has 0 bridgehead atoms. The molecule has 1 aromatic heterocycles. The molecule has 1 amide bonds. The highest BCUT2D eigenvalue weighted by Crippen LogP contribution is 2.15. The monoisotopic (exact) mass is 395 g/mol. The molecule has 9 heteroatoms. The predicted octanol–water partition coefficient (Wildman–Crippen LogP) is 1.29. The van der Waals surface area contributed by atoms with Crippen LogP contribution in [-0.2, 0) is 4.79 Å². The molecule has 1 heterocycles. The minimum Gasteiger partial charge on any atom is -0.505 e. The molecule has 1 atom stereocenters. The van der Waals surface area contributed by atoms with Crippen LogP contribution >= 0.6 is 15.9 Å². The maximum absolute atomic E-state index is 12.2. The Bertz CT molecular complexity index is 832. The molecule has 0 aliphatic heterocycles. The Labute approximate surface area is 144 Å². The molecule has 2 rings (SSSR count). The molecule has 8 nitrogen and oxygen atoms in total. The van der Waals surface area contributed by atoms with Crippen LogP contribution < -0.4 is 10.9 Å². The number of aliphatic carboxylic acids is 1. The van der Waals surface area contributed by atoms with Crippen molar-refractivity contribution in [3.05, 3.63) is 50.9 Å². The van der Waals surface area contributed by atoms with Gasteiger partial charge in [0.1, 0.15) is 6.04 Å². The number of halogens is 1. The Kier molecular flexibility index (Phi) is 5.35. The van der Waals surface area contributed by atoms with E-state index in [0.717, 1.165) is 15.2 Å².